The molecule has 118 valence electrons. The van der Waals surface area contributed by atoms with Crippen LogP contribution in [0.3, 0.4) is 0 Å². The van der Waals surface area contributed by atoms with E-state index < -0.39 is 0 Å². The third kappa shape index (κ3) is 3.21. The van der Waals surface area contributed by atoms with E-state index in [-0.39, 0.29) is 0 Å². The van der Waals surface area contributed by atoms with E-state index in [4.69, 9.17) is 4.42 Å². The Labute approximate surface area is 141 Å². The fraction of sp³-hybridized carbons (Fsp3) is 0.0952. The van der Waals surface area contributed by atoms with Crippen molar-refractivity contribution in [2.75, 3.05) is 0 Å². The Balaban J connectivity index is 1.42. The zero-order valence-corrected chi connectivity index (χ0v) is 13.3. The minimum atomic E-state index is 0.667. The first kappa shape index (κ1) is 14.7. The topological polar surface area (TPSA) is 38.1 Å². The Morgan fingerprint density at radius 1 is 0.708 bits per heavy atom. The van der Waals surface area contributed by atoms with E-state index in [1.54, 1.807) is 0 Å². The van der Waals surface area contributed by atoms with Crippen molar-refractivity contribution in [2.24, 2.45) is 0 Å². The molecule has 24 heavy (non-hydrogen) atoms. The van der Waals surface area contributed by atoms with Crippen LogP contribution in [0.2, 0.25) is 0 Å². The van der Waals surface area contributed by atoms with E-state index in [9.17, 15) is 0 Å². The summed E-state index contributed by atoms with van der Waals surface area (Å²) >= 11 is 0. The second-order valence-electron chi connectivity index (χ2n) is 5.77. The first-order valence-corrected chi connectivity index (χ1v) is 8.08. The third-order valence-electron chi connectivity index (χ3n) is 4.00. The lowest BCUT2D eigenvalue weighted by Gasteiger charge is -2.05. The minimum absolute atomic E-state index is 0.667. The summed E-state index contributed by atoms with van der Waals surface area (Å²) in [5.41, 5.74) is 5.24. The number of para-hydroxylation sites is 2. The highest BCUT2D eigenvalue weighted by atomic mass is 16.3. The molecular formula is C21H18N2O. The van der Waals surface area contributed by atoms with Crippen molar-refractivity contribution in [3.8, 4) is 11.5 Å². The largest absolute Gasteiger partial charge is 0.436 e. The summed E-state index contributed by atoms with van der Waals surface area (Å²) in [6.07, 6.45) is 0. The van der Waals surface area contributed by atoms with Gasteiger partial charge in [0, 0.05) is 18.7 Å². The molecule has 0 aliphatic rings. The molecule has 1 heterocycles. The van der Waals surface area contributed by atoms with Crippen molar-refractivity contribution in [2.45, 2.75) is 13.1 Å². The number of rotatable bonds is 5. The van der Waals surface area contributed by atoms with Gasteiger partial charge in [-0.25, -0.2) is 4.98 Å². The van der Waals surface area contributed by atoms with Crippen LogP contribution in [0.5, 0.6) is 0 Å². The molecule has 1 N–H and O–H groups in total. The van der Waals surface area contributed by atoms with Crippen LogP contribution in [-0.2, 0) is 13.1 Å². The third-order valence-corrected chi connectivity index (χ3v) is 4.00. The van der Waals surface area contributed by atoms with Crippen molar-refractivity contribution < 1.29 is 4.42 Å². The highest BCUT2D eigenvalue weighted by Crippen LogP contribution is 2.24. The average Bonchev–Trinajstić information content (AvgIpc) is 3.07. The Bertz CT molecular complexity index is 894. The molecule has 0 saturated carbocycles. The SMILES string of the molecule is c1ccc(CNCc2ccc(-c3nc4ccccc4o3)cc2)cc1. The lowest BCUT2D eigenvalue weighted by molar-refractivity contribution is 0.619. The van der Waals surface area contributed by atoms with Gasteiger partial charge in [0.1, 0.15) is 5.52 Å². The maximum atomic E-state index is 5.81. The van der Waals surface area contributed by atoms with E-state index in [1.807, 2.05) is 30.3 Å². The van der Waals surface area contributed by atoms with E-state index in [1.165, 1.54) is 11.1 Å². The van der Waals surface area contributed by atoms with Crippen molar-refractivity contribution in [3.63, 3.8) is 0 Å². The molecule has 4 rings (SSSR count). The van der Waals surface area contributed by atoms with Crippen LogP contribution < -0.4 is 5.32 Å². The summed E-state index contributed by atoms with van der Waals surface area (Å²) in [5.74, 6) is 0.667. The summed E-state index contributed by atoms with van der Waals surface area (Å²) < 4.78 is 5.81. The van der Waals surface area contributed by atoms with E-state index in [0.29, 0.717) is 5.89 Å². The molecule has 0 spiro atoms. The molecule has 3 heteroatoms. The summed E-state index contributed by atoms with van der Waals surface area (Å²) in [5, 5.41) is 3.46. The number of nitrogens with zero attached hydrogens (tertiary/aromatic N) is 1. The smallest absolute Gasteiger partial charge is 0.227 e. The van der Waals surface area contributed by atoms with Crippen molar-refractivity contribution in [1.29, 1.82) is 0 Å². The highest BCUT2D eigenvalue weighted by Gasteiger charge is 2.07. The van der Waals surface area contributed by atoms with Crippen molar-refractivity contribution in [3.05, 3.63) is 90.0 Å². The van der Waals surface area contributed by atoms with Crippen LogP contribution in [-0.4, -0.2) is 4.98 Å². The van der Waals surface area contributed by atoms with Gasteiger partial charge in [-0.15, -0.1) is 0 Å². The van der Waals surface area contributed by atoms with E-state index in [0.717, 1.165) is 29.8 Å². The number of benzene rings is 3. The predicted molar refractivity (Wildman–Crippen MR) is 96.4 cm³/mol. The molecule has 0 atom stereocenters. The highest BCUT2D eigenvalue weighted by molar-refractivity contribution is 5.75. The molecule has 0 unspecified atom stereocenters. The standard InChI is InChI=1S/C21H18N2O/c1-2-6-16(7-3-1)14-22-15-17-10-12-18(13-11-17)21-23-19-8-4-5-9-20(19)24-21/h1-13,22H,14-15H2. The lowest BCUT2D eigenvalue weighted by atomic mass is 10.1. The fourth-order valence-corrected chi connectivity index (χ4v) is 2.71. The summed E-state index contributed by atoms with van der Waals surface area (Å²) in [7, 11) is 0. The van der Waals surface area contributed by atoms with Crippen LogP contribution >= 0.6 is 0 Å². The van der Waals surface area contributed by atoms with Gasteiger partial charge in [0.25, 0.3) is 0 Å². The van der Waals surface area contributed by atoms with Crippen LogP contribution in [0, 0.1) is 0 Å². The minimum Gasteiger partial charge on any atom is -0.436 e. The molecular weight excluding hydrogens is 296 g/mol. The van der Waals surface area contributed by atoms with E-state index in [2.05, 4.69) is 58.8 Å². The molecule has 0 amide bonds. The summed E-state index contributed by atoms with van der Waals surface area (Å²) in [6, 6.07) is 26.6. The normalized spacial score (nSPS) is 11.0. The Kier molecular flexibility index (Phi) is 4.09. The van der Waals surface area contributed by atoms with Crippen molar-refractivity contribution in [1.82, 2.24) is 10.3 Å². The summed E-state index contributed by atoms with van der Waals surface area (Å²) in [4.78, 5) is 4.53. The van der Waals surface area contributed by atoms with Gasteiger partial charge in [0.2, 0.25) is 5.89 Å². The number of hydrogen-bond acceptors (Lipinski definition) is 3. The maximum absolute atomic E-state index is 5.81. The van der Waals surface area contributed by atoms with E-state index >= 15 is 0 Å². The second-order valence-corrected chi connectivity index (χ2v) is 5.77. The zero-order valence-electron chi connectivity index (χ0n) is 13.3. The van der Waals surface area contributed by atoms with Crippen LogP contribution in [0.25, 0.3) is 22.6 Å². The Morgan fingerprint density at radius 2 is 1.38 bits per heavy atom. The number of oxazole rings is 1. The van der Waals surface area contributed by atoms with Gasteiger partial charge in [-0.2, -0.15) is 0 Å². The molecule has 0 fully saturated rings. The molecule has 3 nitrogen and oxygen atoms in total. The van der Waals surface area contributed by atoms with Gasteiger partial charge in [-0.1, -0.05) is 54.6 Å². The molecule has 4 aromatic rings. The van der Waals surface area contributed by atoms with Gasteiger partial charge < -0.3 is 9.73 Å². The predicted octanol–water partition coefficient (Wildman–Crippen LogP) is 4.78. The zero-order chi connectivity index (χ0) is 16.2. The molecule has 0 radical (unpaired) electrons. The van der Waals surface area contributed by atoms with Gasteiger partial charge in [-0.05, 0) is 35.4 Å². The number of hydrogen-bond donors (Lipinski definition) is 1. The molecule has 0 bridgehead atoms. The fourth-order valence-electron chi connectivity index (χ4n) is 2.71. The Morgan fingerprint density at radius 3 is 2.12 bits per heavy atom. The summed E-state index contributed by atoms with van der Waals surface area (Å²) in [6.45, 7) is 1.70. The van der Waals surface area contributed by atoms with Crippen LogP contribution in [0.4, 0.5) is 0 Å². The first-order valence-electron chi connectivity index (χ1n) is 8.08. The van der Waals surface area contributed by atoms with Crippen molar-refractivity contribution >= 4 is 11.1 Å². The van der Waals surface area contributed by atoms with Crippen LogP contribution in [0.1, 0.15) is 11.1 Å². The van der Waals surface area contributed by atoms with Gasteiger partial charge in [0.15, 0.2) is 5.58 Å². The van der Waals surface area contributed by atoms with Gasteiger partial charge >= 0.3 is 0 Å². The molecule has 0 aliphatic carbocycles. The number of nitrogens with one attached hydrogen (secondary N) is 1. The number of aromatic nitrogens is 1. The second kappa shape index (κ2) is 6.69. The maximum Gasteiger partial charge on any atom is 0.227 e. The molecule has 0 saturated heterocycles. The first-order chi connectivity index (χ1) is 11.9. The quantitative estimate of drug-likeness (QED) is 0.576. The Hall–Kier alpha value is -2.91. The molecule has 3 aromatic carbocycles. The molecule has 1 aromatic heterocycles. The van der Waals surface area contributed by atoms with Gasteiger partial charge in [-0.3, -0.25) is 0 Å². The molecule has 0 aliphatic heterocycles. The van der Waals surface area contributed by atoms with Gasteiger partial charge in [0.05, 0.1) is 0 Å². The monoisotopic (exact) mass is 314 g/mol. The number of fused-ring (bicyclic) bond motifs is 1. The average molecular weight is 314 g/mol. The lowest BCUT2D eigenvalue weighted by Crippen LogP contribution is -2.12. The van der Waals surface area contributed by atoms with Crippen LogP contribution in [0.15, 0.2) is 83.3 Å².